The number of rotatable bonds is 6. The summed E-state index contributed by atoms with van der Waals surface area (Å²) in [6, 6.07) is 11.0. The van der Waals surface area contributed by atoms with Crippen molar-refractivity contribution in [2.75, 3.05) is 7.11 Å². The zero-order valence-corrected chi connectivity index (χ0v) is 16.8. The van der Waals surface area contributed by atoms with Gasteiger partial charge in [-0.25, -0.2) is 4.39 Å². The van der Waals surface area contributed by atoms with E-state index in [-0.39, 0.29) is 29.7 Å². The van der Waals surface area contributed by atoms with Gasteiger partial charge in [0.05, 0.1) is 13.0 Å². The predicted octanol–water partition coefficient (Wildman–Crippen LogP) is 5.33. The summed E-state index contributed by atoms with van der Waals surface area (Å²) < 4.78 is 25.2. The first-order valence-corrected chi connectivity index (χ1v) is 10.1. The van der Waals surface area contributed by atoms with Crippen molar-refractivity contribution < 1.29 is 18.7 Å². The minimum absolute atomic E-state index is 0.0988. The highest BCUT2D eigenvalue weighted by molar-refractivity contribution is 6.30. The molecule has 0 aromatic heterocycles. The van der Waals surface area contributed by atoms with Crippen LogP contribution in [0.2, 0.25) is 5.02 Å². The van der Waals surface area contributed by atoms with Gasteiger partial charge in [-0.3, -0.25) is 4.79 Å². The molecule has 3 atom stereocenters. The second-order valence-electron chi connectivity index (χ2n) is 7.93. The monoisotopic (exact) mass is 402 g/mol. The van der Waals surface area contributed by atoms with Crippen molar-refractivity contribution in [3.8, 4) is 5.75 Å². The van der Waals surface area contributed by atoms with Crippen LogP contribution in [0.4, 0.5) is 4.39 Å². The van der Waals surface area contributed by atoms with Crippen molar-refractivity contribution in [3.05, 3.63) is 63.9 Å². The van der Waals surface area contributed by atoms with Crippen molar-refractivity contribution in [1.29, 1.82) is 0 Å². The van der Waals surface area contributed by atoms with Crippen molar-refractivity contribution in [3.63, 3.8) is 0 Å². The fourth-order valence-electron chi connectivity index (χ4n) is 4.33. The summed E-state index contributed by atoms with van der Waals surface area (Å²) in [5.41, 5.74) is 2.86. The fraction of sp³-hybridized carbons (Fsp3) is 0.435. The van der Waals surface area contributed by atoms with Crippen LogP contribution >= 0.6 is 11.6 Å². The third-order valence-corrected chi connectivity index (χ3v) is 6.16. The number of carbonyl (C=O) groups is 1. The maximum atomic E-state index is 14.1. The fourth-order valence-corrected chi connectivity index (χ4v) is 4.49. The van der Waals surface area contributed by atoms with Crippen LogP contribution in [0.3, 0.4) is 0 Å². The number of ether oxygens (including phenoxy) is 2. The van der Waals surface area contributed by atoms with Gasteiger partial charge < -0.3 is 9.47 Å². The van der Waals surface area contributed by atoms with Crippen molar-refractivity contribution in [1.82, 2.24) is 0 Å². The Kier molecular flexibility index (Phi) is 5.33. The second kappa shape index (κ2) is 7.75. The Morgan fingerprint density at radius 2 is 2.07 bits per heavy atom. The smallest absolute Gasteiger partial charge is 0.309 e. The van der Waals surface area contributed by atoms with E-state index in [1.54, 1.807) is 12.1 Å². The first kappa shape index (κ1) is 19.3. The zero-order chi connectivity index (χ0) is 19.8. The molecular formula is C23H24ClFO3. The van der Waals surface area contributed by atoms with Gasteiger partial charge in [-0.15, -0.1) is 0 Å². The molecule has 0 spiro atoms. The molecule has 3 nitrogen and oxygen atoms in total. The minimum Gasteiger partial charge on any atom is -0.489 e. The standard InChI is InChI=1S/C23H24ClFO3/c1-13(23(26)27-2)22(14-3-4-14)17-6-5-16-10-19(28-21(16)11-17)9-15-7-8-18(24)12-20(15)25/h5-8,11-14,19,22H,3-4,9-10H2,1-2H3/t13-,19?,22-/m0/s1. The van der Waals surface area contributed by atoms with Gasteiger partial charge in [-0.05, 0) is 59.6 Å². The molecule has 0 bridgehead atoms. The summed E-state index contributed by atoms with van der Waals surface area (Å²) in [7, 11) is 1.44. The number of methoxy groups -OCH3 is 1. The van der Waals surface area contributed by atoms with Gasteiger partial charge in [-0.2, -0.15) is 0 Å². The molecule has 0 saturated heterocycles. The topological polar surface area (TPSA) is 35.5 Å². The molecule has 1 unspecified atom stereocenters. The molecule has 0 amide bonds. The molecular weight excluding hydrogens is 379 g/mol. The van der Waals surface area contributed by atoms with E-state index < -0.39 is 0 Å². The molecule has 1 heterocycles. The summed E-state index contributed by atoms with van der Waals surface area (Å²) in [6.45, 7) is 1.94. The van der Waals surface area contributed by atoms with Gasteiger partial charge in [0.1, 0.15) is 17.7 Å². The number of halogens is 2. The molecule has 2 aromatic rings. The van der Waals surface area contributed by atoms with Crippen LogP contribution in [0, 0.1) is 17.7 Å². The summed E-state index contributed by atoms with van der Waals surface area (Å²) in [5.74, 6) is 0.861. The first-order valence-electron chi connectivity index (χ1n) is 9.77. The largest absolute Gasteiger partial charge is 0.489 e. The van der Waals surface area contributed by atoms with Crippen LogP contribution in [0.1, 0.15) is 42.4 Å². The lowest BCUT2D eigenvalue weighted by Gasteiger charge is -2.23. The van der Waals surface area contributed by atoms with E-state index in [9.17, 15) is 9.18 Å². The van der Waals surface area contributed by atoms with Crippen molar-refractivity contribution in [2.45, 2.75) is 44.6 Å². The molecule has 148 valence electrons. The zero-order valence-electron chi connectivity index (χ0n) is 16.1. The van der Waals surface area contributed by atoms with Crippen LogP contribution < -0.4 is 4.74 Å². The van der Waals surface area contributed by atoms with Crippen LogP contribution in [0.5, 0.6) is 5.75 Å². The maximum absolute atomic E-state index is 14.1. The molecule has 0 radical (unpaired) electrons. The van der Waals surface area contributed by atoms with Crippen LogP contribution in [0.25, 0.3) is 0 Å². The highest BCUT2D eigenvalue weighted by Crippen LogP contribution is 2.48. The van der Waals surface area contributed by atoms with Crippen LogP contribution in [0.15, 0.2) is 36.4 Å². The molecule has 1 fully saturated rings. The molecule has 2 aliphatic rings. The summed E-state index contributed by atoms with van der Waals surface area (Å²) in [4.78, 5) is 12.1. The Bertz CT molecular complexity index is 893. The van der Waals surface area contributed by atoms with Gasteiger partial charge >= 0.3 is 5.97 Å². The number of hydrogen-bond acceptors (Lipinski definition) is 3. The van der Waals surface area contributed by atoms with E-state index in [4.69, 9.17) is 21.1 Å². The molecule has 0 N–H and O–H groups in total. The summed E-state index contributed by atoms with van der Waals surface area (Å²) in [6.07, 6.45) is 3.43. The number of fused-ring (bicyclic) bond motifs is 1. The number of carbonyl (C=O) groups excluding carboxylic acids is 1. The number of esters is 1. The minimum atomic E-state index is -0.298. The van der Waals surface area contributed by atoms with E-state index >= 15 is 0 Å². The average Bonchev–Trinajstić information content (AvgIpc) is 3.42. The Morgan fingerprint density at radius 1 is 1.29 bits per heavy atom. The Morgan fingerprint density at radius 3 is 2.75 bits per heavy atom. The lowest BCUT2D eigenvalue weighted by atomic mass is 9.83. The third kappa shape index (κ3) is 3.88. The molecule has 28 heavy (non-hydrogen) atoms. The van der Waals surface area contributed by atoms with Gasteiger partial charge in [0, 0.05) is 17.9 Å². The molecule has 2 aromatic carbocycles. The SMILES string of the molecule is COC(=O)[C@@H](C)[C@H](c1ccc2c(c1)OC(Cc1ccc(Cl)cc1F)C2)C1CC1. The van der Waals surface area contributed by atoms with E-state index in [2.05, 4.69) is 18.2 Å². The highest BCUT2D eigenvalue weighted by Gasteiger charge is 2.39. The van der Waals surface area contributed by atoms with E-state index in [1.807, 2.05) is 6.92 Å². The maximum Gasteiger partial charge on any atom is 0.309 e. The van der Waals surface area contributed by atoms with Crippen molar-refractivity contribution in [2.24, 2.45) is 11.8 Å². The third-order valence-electron chi connectivity index (χ3n) is 5.92. The average molecular weight is 403 g/mol. The quantitative estimate of drug-likeness (QED) is 0.613. The van der Waals surface area contributed by atoms with Gasteiger partial charge in [0.15, 0.2) is 0 Å². The van der Waals surface area contributed by atoms with Gasteiger partial charge in [0.2, 0.25) is 0 Å². The molecule has 4 rings (SSSR count). The predicted molar refractivity (Wildman–Crippen MR) is 106 cm³/mol. The Balaban J connectivity index is 1.51. The number of hydrogen-bond donors (Lipinski definition) is 0. The summed E-state index contributed by atoms with van der Waals surface area (Å²) in [5, 5.41) is 0.396. The summed E-state index contributed by atoms with van der Waals surface area (Å²) >= 11 is 5.84. The second-order valence-corrected chi connectivity index (χ2v) is 8.36. The van der Waals surface area contributed by atoms with E-state index in [0.717, 1.165) is 36.1 Å². The molecule has 1 aliphatic heterocycles. The Labute approximate surface area is 169 Å². The Hall–Kier alpha value is -2.07. The molecule has 1 aliphatic carbocycles. The highest BCUT2D eigenvalue weighted by atomic mass is 35.5. The molecule has 5 heteroatoms. The van der Waals surface area contributed by atoms with Gasteiger partial charge in [0.25, 0.3) is 0 Å². The van der Waals surface area contributed by atoms with Crippen LogP contribution in [-0.2, 0) is 22.4 Å². The van der Waals surface area contributed by atoms with E-state index in [1.165, 1.54) is 13.2 Å². The number of benzene rings is 2. The van der Waals surface area contributed by atoms with Crippen LogP contribution in [-0.4, -0.2) is 19.2 Å². The van der Waals surface area contributed by atoms with Gasteiger partial charge in [-0.1, -0.05) is 36.7 Å². The first-order chi connectivity index (χ1) is 13.5. The van der Waals surface area contributed by atoms with Crippen molar-refractivity contribution >= 4 is 17.6 Å². The lowest BCUT2D eigenvalue weighted by Crippen LogP contribution is -2.22. The molecule has 1 saturated carbocycles. The lowest BCUT2D eigenvalue weighted by molar-refractivity contribution is -0.145. The normalized spacial score (nSPS) is 20.2. The van der Waals surface area contributed by atoms with E-state index in [0.29, 0.717) is 22.9 Å².